The number of methoxy groups -OCH3 is 1. The third-order valence-corrected chi connectivity index (χ3v) is 4.54. The number of hydrogen-bond acceptors (Lipinski definition) is 7. The first-order valence-electron chi connectivity index (χ1n) is 10.2. The van der Waals surface area contributed by atoms with Crippen molar-refractivity contribution in [3.05, 3.63) is 17.5 Å². The molecule has 0 aliphatic carbocycles. The Morgan fingerprint density at radius 3 is 2.40 bits per heavy atom. The maximum Gasteiger partial charge on any atom is 0.435 e. The first-order chi connectivity index (χ1) is 13.6. The van der Waals surface area contributed by atoms with Gasteiger partial charge in [0.1, 0.15) is 5.60 Å². The minimum absolute atomic E-state index is 0.188. The van der Waals surface area contributed by atoms with E-state index in [1.165, 1.54) is 7.11 Å². The number of nitrogens with zero attached hydrogens (tertiary/aromatic N) is 3. The summed E-state index contributed by atoms with van der Waals surface area (Å²) in [5, 5.41) is 8.26. The van der Waals surface area contributed by atoms with Crippen LogP contribution < -0.4 is 0 Å². The van der Waals surface area contributed by atoms with E-state index in [2.05, 4.69) is 28.9 Å². The number of hydrogen-bond donors (Lipinski definition) is 1. The molecule has 9 nitrogen and oxygen atoms in total. The number of hydroxylamine groups is 2. The summed E-state index contributed by atoms with van der Waals surface area (Å²) in [6.07, 6.45) is 1.07. The lowest BCUT2D eigenvalue weighted by molar-refractivity contribution is -0.236. The summed E-state index contributed by atoms with van der Waals surface area (Å²) in [6, 6.07) is -0.992. The van der Waals surface area contributed by atoms with Gasteiger partial charge in [-0.1, -0.05) is 13.8 Å². The fourth-order valence-electron chi connectivity index (χ4n) is 3.54. The van der Waals surface area contributed by atoms with Crippen LogP contribution in [0.15, 0.2) is 6.20 Å². The maximum atomic E-state index is 13.0. The van der Waals surface area contributed by atoms with Crippen molar-refractivity contribution in [2.45, 2.75) is 84.6 Å². The monoisotopic (exact) mass is 424 g/mol. The van der Waals surface area contributed by atoms with E-state index in [9.17, 15) is 9.59 Å². The highest BCUT2D eigenvalue weighted by Gasteiger charge is 2.41. The predicted molar refractivity (Wildman–Crippen MR) is 112 cm³/mol. The Hall–Kier alpha value is -2.13. The van der Waals surface area contributed by atoms with Gasteiger partial charge < -0.3 is 9.47 Å². The molecule has 1 aromatic rings. The van der Waals surface area contributed by atoms with E-state index in [0.717, 1.165) is 16.3 Å². The molecule has 1 unspecified atom stereocenters. The fraction of sp³-hybridized carbons (Fsp3) is 0.762. The molecule has 1 aromatic heterocycles. The van der Waals surface area contributed by atoms with Gasteiger partial charge in [-0.15, -0.1) is 0 Å². The molecule has 0 fully saturated rings. The Labute approximate surface area is 179 Å². The minimum Gasteiger partial charge on any atom is -0.467 e. The van der Waals surface area contributed by atoms with Crippen molar-refractivity contribution >= 4 is 12.1 Å². The van der Waals surface area contributed by atoms with Crippen molar-refractivity contribution in [1.29, 1.82) is 0 Å². The molecule has 1 atom stereocenters. The number of aromatic nitrogens is 2. The highest BCUT2D eigenvalue weighted by atomic mass is 16.7. The predicted octanol–water partition coefficient (Wildman–Crippen LogP) is 3.01. The smallest absolute Gasteiger partial charge is 0.435 e. The van der Waals surface area contributed by atoms with Crippen molar-refractivity contribution in [3.8, 4) is 0 Å². The van der Waals surface area contributed by atoms with Gasteiger partial charge in [0.15, 0.2) is 6.04 Å². The van der Waals surface area contributed by atoms with Crippen molar-refractivity contribution in [2.24, 2.45) is 0 Å². The first kappa shape index (κ1) is 24.1. The van der Waals surface area contributed by atoms with Crippen LogP contribution in [-0.4, -0.2) is 69.7 Å². The molecule has 9 heteroatoms. The van der Waals surface area contributed by atoms with Crippen molar-refractivity contribution in [3.63, 3.8) is 0 Å². The molecule has 1 aliphatic rings. The zero-order valence-electron chi connectivity index (χ0n) is 19.7. The van der Waals surface area contributed by atoms with Gasteiger partial charge in [0, 0.05) is 36.3 Å². The van der Waals surface area contributed by atoms with E-state index in [-0.39, 0.29) is 12.0 Å². The zero-order valence-corrected chi connectivity index (χ0v) is 19.7. The highest BCUT2D eigenvalue weighted by molar-refractivity contribution is 5.81. The molecule has 0 aromatic carbocycles. The molecule has 0 bridgehead atoms. The van der Waals surface area contributed by atoms with E-state index in [0.29, 0.717) is 13.1 Å². The molecular formula is C21H36N4O5. The largest absolute Gasteiger partial charge is 0.467 e. The quantitative estimate of drug-likeness (QED) is 0.573. The number of rotatable bonds is 5. The Morgan fingerprint density at radius 1 is 1.23 bits per heavy atom. The van der Waals surface area contributed by atoms with Crippen molar-refractivity contribution < 1.29 is 23.9 Å². The molecular weight excluding hydrogens is 388 g/mol. The number of esters is 1. The second-order valence-corrected chi connectivity index (χ2v) is 10.4. The molecule has 0 saturated carbocycles. The summed E-state index contributed by atoms with van der Waals surface area (Å²) in [5.74, 6) is -0.569. The third kappa shape index (κ3) is 6.18. The number of fused-ring (bicyclic) bond motifs is 1. The molecule has 2 rings (SSSR count). The minimum atomic E-state index is -0.992. The van der Waals surface area contributed by atoms with Gasteiger partial charge in [-0.3, -0.25) is 14.8 Å². The zero-order chi connectivity index (χ0) is 22.9. The molecule has 170 valence electrons. The molecule has 30 heavy (non-hydrogen) atoms. The van der Waals surface area contributed by atoms with Crippen LogP contribution in [0.4, 0.5) is 4.79 Å². The Bertz CT molecular complexity index is 760. The average Bonchev–Trinajstić information content (AvgIpc) is 3.04. The molecule has 1 N–H and O–H groups in total. The average molecular weight is 425 g/mol. The number of ether oxygens (including phenoxy) is 2. The van der Waals surface area contributed by atoms with E-state index >= 15 is 0 Å². The maximum absolute atomic E-state index is 13.0. The lowest BCUT2D eigenvalue weighted by Gasteiger charge is -2.41. The van der Waals surface area contributed by atoms with Crippen molar-refractivity contribution in [2.75, 3.05) is 20.2 Å². The number of carbonyl (C=O) groups excluding carboxylic acids is 2. The van der Waals surface area contributed by atoms with E-state index in [4.69, 9.17) is 14.3 Å². The van der Waals surface area contributed by atoms with Gasteiger partial charge in [0.25, 0.3) is 0 Å². The summed E-state index contributed by atoms with van der Waals surface area (Å²) < 4.78 is 10.5. The standard InChI is InChI=1S/C21H36N4O5/c1-19(2,3)29-18(27)25(30-20(4,5)6)15(17(26)28-9)12-24-11-14-10-22-23-16(14)21(7,8)13-24/h10,15H,11-13H2,1-9H3,(H,22,23). The number of amides is 1. The molecule has 0 spiro atoms. The van der Waals surface area contributed by atoms with Gasteiger partial charge in [-0.2, -0.15) is 10.2 Å². The fourth-order valence-corrected chi connectivity index (χ4v) is 3.54. The molecule has 0 saturated heterocycles. The Balaban J connectivity index is 2.33. The van der Waals surface area contributed by atoms with Gasteiger partial charge in [-0.25, -0.2) is 9.59 Å². The summed E-state index contributed by atoms with van der Waals surface area (Å²) in [7, 11) is 1.30. The van der Waals surface area contributed by atoms with Gasteiger partial charge in [0.05, 0.1) is 18.9 Å². The van der Waals surface area contributed by atoms with Gasteiger partial charge >= 0.3 is 12.1 Å². The summed E-state index contributed by atoms with van der Waals surface area (Å²) in [4.78, 5) is 33.7. The van der Waals surface area contributed by atoms with Crippen LogP contribution in [0.25, 0.3) is 0 Å². The van der Waals surface area contributed by atoms with Crippen LogP contribution in [-0.2, 0) is 31.1 Å². The lowest BCUT2D eigenvalue weighted by Crippen LogP contribution is -2.56. The van der Waals surface area contributed by atoms with Gasteiger partial charge in [-0.05, 0) is 41.5 Å². The SMILES string of the molecule is COC(=O)C(CN1Cc2cn[nH]c2C(C)(C)C1)N(OC(C)(C)C)C(=O)OC(C)(C)C. The third-order valence-electron chi connectivity index (χ3n) is 4.54. The van der Waals surface area contributed by atoms with Crippen LogP contribution >= 0.6 is 0 Å². The molecule has 1 aliphatic heterocycles. The molecule has 1 amide bonds. The van der Waals surface area contributed by atoms with E-state index < -0.39 is 29.3 Å². The second kappa shape index (κ2) is 8.55. The molecule has 0 radical (unpaired) electrons. The normalized spacial score (nSPS) is 17.8. The van der Waals surface area contributed by atoms with E-state index in [1.54, 1.807) is 47.7 Å². The van der Waals surface area contributed by atoms with Crippen molar-refractivity contribution in [1.82, 2.24) is 20.2 Å². The number of H-pyrrole nitrogens is 1. The first-order valence-corrected chi connectivity index (χ1v) is 10.2. The Morgan fingerprint density at radius 2 is 1.87 bits per heavy atom. The summed E-state index contributed by atoms with van der Waals surface area (Å²) >= 11 is 0. The number of aromatic amines is 1. The van der Waals surface area contributed by atoms with Crippen LogP contribution in [0.1, 0.15) is 66.6 Å². The van der Waals surface area contributed by atoms with E-state index in [1.807, 2.05) is 0 Å². The van der Waals surface area contributed by atoms with Crippen LogP contribution in [0.2, 0.25) is 0 Å². The highest BCUT2D eigenvalue weighted by Crippen LogP contribution is 2.32. The van der Waals surface area contributed by atoms with Crippen LogP contribution in [0.3, 0.4) is 0 Å². The number of carbonyl (C=O) groups is 2. The summed E-state index contributed by atoms with van der Waals surface area (Å²) in [6.45, 7) is 16.4. The number of nitrogens with one attached hydrogen (secondary N) is 1. The second-order valence-electron chi connectivity index (χ2n) is 10.4. The van der Waals surface area contributed by atoms with Crippen LogP contribution in [0.5, 0.6) is 0 Å². The topological polar surface area (TPSA) is 97.0 Å². The Kier molecular flexibility index (Phi) is 6.88. The lowest BCUT2D eigenvalue weighted by atomic mass is 9.83. The van der Waals surface area contributed by atoms with Gasteiger partial charge in [0.2, 0.25) is 0 Å². The summed E-state index contributed by atoms with van der Waals surface area (Å²) in [5.41, 5.74) is 0.503. The molecule has 2 heterocycles. The van der Waals surface area contributed by atoms with Crippen LogP contribution in [0, 0.1) is 0 Å².